The lowest BCUT2D eigenvalue weighted by molar-refractivity contribution is -0.137. The predicted molar refractivity (Wildman–Crippen MR) is 234 cm³/mol. The van der Waals surface area contributed by atoms with Crippen LogP contribution in [0.5, 0.6) is 0 Å². The summed E-state index contributed by atoms with van der Waals surface area (Å²) >= 11 is 12.7. The third-order valence-electron chi connectivity index (χ3n) is 13.4. The number of aromatic nitrogens is 1. The Morgan fingerprint density at radius 3 is 2.54 bits per heavy atom. The van der Waals surface area contributed by atoms with E-state index in [1.54, 1.807) is 54.6 Å². The minimum Gasteiger partial charge on any atom is -0.325 e. The molecule has 4 aliphatic heterocycles. The lowest BCUT2D eigenvalue weighted by atomic mass is 9.55. The number of pyridine rings is 1. The van der Waals surface area contributed by atoms with Crippen LogP contribution in [0.1, 0.15) is 120 Å². The van der Waals surface area contributed by atoms with Gasteiger partial charge in [0.2, 0.25) is 23.6 Å². The molecule has 9 rings (SSSR count). The number of unbranched alkanes of at least 4 members (excludes halogenated alkanes) is 2. The van der Waals surface area contributed by atoms with Gasteiger partial charge in [0.15, 0.2) is 5.78 Å². The lowest BCUT2D eigenvalue weighted by Crippen LogP contribution is -2.60. The molecule has 5 heterocycles. The van der Waals surface area contributed by atoms with Gasteiger partial charge in [0.1, 0.15) is 23.1 Å². The highest BCUT2D eigenvalue weighted by Gasteiger charge is 2.72. The van der Waals surface area contributed by atoms with Crippen molar-refractivity contribution in [1.29, 1.82) is 0 Å². The Morgan fingerprint density at radius 1 is 0.952 bits per heavy atom. The van der Waals surface area contributed by atoms with Crippen molar-refractivity contribution in [2.75, 3.05) is 10.6 Å². The molecule has 63 heavy (non-hydrogen) atoms. The number of halogens is 3. The number of amides is 5. The zero-order valence-electron chi connectivity index (χ0n) is 34.1. The third-order valence-corrected chi connectivity index (χ3v) is 13.9. The van der Waals surface area contributed by atoms with Crippen LogP contribution < -0.4 is 21.3 Å². The number of piperidine rings is 1. The molecule has 5 aliphatic rings. The zero-order valence-corrected chi connectivity index (χ0v) is 35.6. The van der Waals surface area contributed by atoms with Gasteiger partial charge in [-0.2, -0.15) is 0 Å². The second kappa shape index (κ2) is 17.0. The molecule has 2 spiro atoms. The van der Waals surface area contributed by atoms with E-state index in [1.807, 2.05) is 6.07 Å². The summed E-state index contributed by atoms with van der Waals surface area (Å²) in [6.07, 6.45) is 7.60. The standard InChI is InChI=1S/C48H43Cl2FN6O6/c49-29-17-18-33-35(24-29)53-46(63)48(33)40(31-13-9-14-34(50)41(31)51)42(56-47(48)22-6-3-7-23-47)44(61)54-38-20-16-28(25-52-38)37(58)15-5-2-1-4-10-27-11-8-12-30-32(27)26-57(45(30)62)36-19-21-39(59)55-43(36)60/h8-9,11-14,16-18,20,24-25,36,40,42,56H,1-3,5-7,15,19,21-23,26H2,(H,53,63)(H,52,54,61)(H,55,59,60)/t36?,40-,42+,48+/m0/s1. The Balaban J connectivity index is 0.860. The molecule has 1 saturated carbocycles. The third kappa shape index (κ3) is 7.37. The number of rotatable bonds is 9. The van der Waals surface area contributed by atoms with Crippen molar-refractivity contribution in [2.45, 2.75) is 106 Å². The summed E-state index contributed by atoms with van der Waals surface area (Å²) in [6, 6.07) is 16.5. The van der Waals surface area contributed by atoms with Gasteiger partial charge in [-0.05, 0) is 91.3 Å². The van der Waals surface area contributed by atoms with Gasteiger partial charge in [-0.1, -0.05) is 78.6 Å². The first-order valence-electron chi connectivity index (χ1n) is 21.3. The molecule has 3 aromatic carbocycles. The van der Waals surface area contributed by atoms with Gasteiger partial charge in [-0.3, -0.25) is 39.4 Å². The summed E-state index contributed by atoms with van der Waals surface area (Å²) < 4.78 is 16.2. The van der Waals surface area contributed by atoms with Crippen molar-refractivity contribution < 1.29 is 33.2 Å². The van der Waals surface area contributed by atoms with Crippen molar-refractivity contribution in [2.24, 2.45) is 0 Å². The van der Waals surface area contributed by atoms with Crippen LogP contribution in [0.2, 0.25) is 10.0 Å². The number of benzene rings is 3. The zero-order chi connectivity index (χ0) is 44.0. The fourth-order valence-electron chi connectivity index (χ4n) is 10.6. The summed E-state index contributed by atoms with van der Waals surface area (Å²) in [5, 5.41) is 12.1. The largest absolute Gasteiger partial charge is 0.325 e. The topological polar surface area (TPSA) is 167 Å². The highest BCUT2D eigenvalue weighted by Crippen LogP contribution is 2.63. The number of Topliss-reactive ketones (excluding diaryl/α,β-unsaturated/α-hetero) is 1. The van der Waals surface area contributed by atoms with Crippen molar-refractivity contribution in [3.05, 3.63) is 122 Å². The van der Waals surface area contributed by atoms with Crippen LogP contribution in [-0.4, -0.2) is 62.8 Å². The molecule has 1 unspecified atom stereocenters. The summed E-state index contributed by atoms with van der Waals surface area (Å²) in [4.78, 5) is 85.4. The second-order valence-corrected chi connectivity index (χ2v) is 17.8. The van der Waals surface area contributed by atoms with Crippen molar-refractivity contribution >= 4 is 70.0 Å². The van der Waals surface area contributed by atoms with Gasteiger partial charge in [0.05, 0.1) is 11.1 Å². The van der Waals surface area contributed by atoms with Crippen LogP contribution in [0.25, 0.3) is 0 Å². The van der Waals surface area contributed by atoms with E-state index >= 15 is 4.39 Å². The van der Waals surface area contributed by atoms with Gasteiger partial charge in [0.25, 0.3) is 5.91 Å². The Hall–Kier alpha value is -5.94. The Bertz CT molecular complexity index is 2660. The average molecular weight is 890 g/mol. The van der Waals surface area contributed by atoms with Gasteiger partial charge in [0, 0.05) is 70.9 Å². The molecule has 4 atom stereocenters. The van der Waals surface area contributed by atoms with Crippen molar-refractivity contribution in [3.8, 4) is 11.8 Å². The number of carbonyl (C=O) groups is 6. The van der Waals surface area contributed by atoms with Crippen LogP contribution in [0.15, 0.2) is 72.9 Å². The minimum absolute atomic E-state index is 0.119. The van der Waals surface area contributed by atoms with E-state index in [9.17, 15) is 28.8 Å². The van der Waals surface area contributed by atoms with Crippen LogP contribution in [0.3, 0.4) is 0 Å². The summed E-state index contributed by atoms with van der Waals surface area (Å²) in [5.74, 6) is 2.77. The van der Waals surface area contributed by atoms with Gasteiger partial charge in [-0.15, -0.1) is 0 Å². The predicted octanol–water partition coefficient (Wildman–Crippen LogP) is 7.37. The Kier molecular flexibility index (Phi) is 11.4. The number of carbonyl (C=O) groups excluding carboxylic acids is 6. The maximum absolute atomic E-state index is 16.2. The van der Waals surface area contributed by atoms with Crippen LogP contribution >= 0.6 is 23.2 Å². The highest BCUT2D eigenvalue weighted by molar-refractivity contribution is 6.31. The van der Waals surface area contributed by atoms with Crippen LogP contribution in [0.4, 0.5) is 15.9 Å². The molecule has 0 radical (unpaired) electrons. The van der Waals surface area contributed by atoms with E-state index in [4.69, 9.17) is 23.2 Å². The Labute approximate surface area is 373 Å². The van der Waals surface area contributed by atoms with E-state index in [1.165, 1.54) is 17.2 Å². The molecule has 0 bridgehead atoms. The van der Waals surface area contributed by atoms with E-state index in [-0.39, 0.29) is 65.7 Å². The molecule has 1 aromatic heterocycles. The monoisotopic (exact) mass is 888 g/mol. The lowest BCUT2D eigenvalue weighted by Gasteiger charge is -2.47. The molecule has 5 amide bonds. The summed E-state index contributed by atoms with van der Waals surface area (Å²) in [6.45, 7) is 0.239. The maximum Gasteiger partial charge on any atom is 0.255 e. The molecule has 1 aliphatic carbocycles. The summed E-state index contributed by atoms with van der Waals surface area (Å²) in [5.41, 5.74) is 1.39. The number of anilines is 2. The first-order chi connectivity index (χ1) is 30.4. The number of nitrogens with zero attached hydrogens (tertiary/aromatic N) is 2. The number of nitrogens with one attached hydrogen (secondary N) is 4. The van der Waals surface area contributed by atoms with Crippen LogP contribution in [-0.2, 0) is 31.1 Å². The SMILES string of the molecule is O=C1CCC(N2Cc3c(C#CCCCCC(=O)c4ccc(NC(=O)[C@@H]5NC6(CCCCC6)[C@@]6(C(=O)Nc7cc(Cl)ccc76)[C@H]5c5cccc(Cl)c5F)nc4)cccc3C2=O)C(=O)N1. The number of fused-ring (bicyclic) bond motifs is 4. The molecular weight excluding hydrogens is 846 g/mol. The molecule has 4 N–H and O–H groups in total. The molecule has 4 aromatic rings. The minimum atomic E-state index is -1.38. The van der Waals surface area contributed by atoms with Crippen LogP contribution in [0, 0.1) is 17.7 Å². The number of hydrogen-bond acceptors (Lipinski definition) is 8. The first-order valence-corrected chi connectivity index (χ1v) is 22.1. The van der Waals surface area contributed by atoms with Crippen molar-refractivity contribution in [3.63, 3.8) is 0 Å². The highest BCUT2D eigenvalue weighted by atomic mass is 35.5. The second-order valence-electron chi connectivity index (χ2n) is 16.9. The first kappa shape index (κ1) is 42.4. The molecule has 322 valence electrons. The smallest absolute Gasteiger partial charge is 0.255 e. The molecule has 3 fully saturated rings. The Morgan fingerprint density at radius 2 is 1.76 bits per heavy atom. The van der Waals surface area contributed by atoms with E-state index in [0.29, 0.717) is 65.1 Å². The van der Waals surface area contributed by atoms with Gasteiger partial charge < -0.3 is 15.5 Å². The molecule has 12 nitrogen and oxygen atoms in total. The number of hydrogen-bond donors (Lipinski definition) is 4. The molecular formula is C48H43Cl2FN6O6. The number of ketones is 1. The fourth-order valence-corrected chi connectivity index (χ4v) is 10.9. The normalized spacial score (nSPS) is 23.2. The molecule has 2 saturated heterocycles. The maximum atomic E-state index is 16.2. The quantitative estimate of drug-likeness (QED) is 0.0586. The average Bonchev–Trinajstić information content (AvgIpc) is 3.87. The van der Waals surface area contributed by atoms with Crippen molar-refractivity contribution in [1.82, 2.24) is 20.5 Å². The van der Waals surface area contributed by atoms with Gasteiger partial charge >= 0.3 is 0 Å². The van der Waals surface area contributed by atoms with E-state index in [0.717, 1.165) is 24.8 Å². The number of imide groups is 1. The summed E-state index contributed by atoms with van der Waals surface area (Å²) in [7, 11) is 0. The molecule has 15 heteroatoms. The fraction of sp³-hybridized carbons (Fsp3) is 0.354. The van der Waals surface area contributed by atoms with E-state index < -0.39 is 46.6 Å². The van der Waals surface area contributed by atoms with E-state index in [2.05, 4.69) is 38.1 Å². The van der Waals surface area contributed by atoms with Gasteiger partial charge in [-0.25, -0.2) is 9.37 Å².